The number of esters is 1. The van der Waals surface area contributed by atoms with Gasteiger partial charge in [0.2, 0.25) is 11.8 Å². The van der Waals surface area contributed by atoms with Crippen LogP contribution in [0.15, 0.2) is 48.5 Å². The molecule has 0 saturated carbocycles. The smallest absolute Gasteiger partial charge is 0.324 e. The molecule has 0 spiro atoms. The highest BCUT2D eigenvalue weighted by Gasteiger charge is 2.54. The van der Waals surface area contributed by atoms with Crippen LogP contribution in [0.2, 0.25) is 0 Å². The van der Waals surface area contributed by atoms with Crippen molar-refractivity contribution < 1.29 is 23.9 Å². The second-order valence-electron chi connectivity index (χ2n) is 6.46. The third-order valence-electron chi connectivity index (χ3n) is 5.07. The molecule has 2 amide bonds. The topological polar surface area (TPSA) is 72.9 Å². The van der Waals surface area contributed by atoms with Gasteiger partial charge < -0.3 is 9.47 Å². The minimum Gasteiger partial charge on any atom is -0.497 e. The van der Waals surface area contributed by atoms with Crippen LogP contribution in [-0.2, 0) is 14.4 Å². The van der Waals surface area contributed by atoms with Gasteiger partial charge in [-0.05, 0) is 30.3 Å². The lowest BCUT2D eigenvalue weighted by atomic mass is 9.72. The Labute approximate surface area is 150 Å². The highest BCUT2D eigenvalue weighted by molar-refractivity contribution is 6.23. The molecule has 0 radical (unpaired) electrons. The summed E-state index contributed by atoms with van der Waals surface area (Å²) in [6.45, 7) is 1.75. The van der Waals surface area contributed by atoms with Crippen LogP contribution in [0.5, 0.6) is 11.5 Å². The van der Waals surface area contributed by atoms with E-state index in [1.165, 1.54) is 7.11 Å². The number of amides is 2. The highest BCUT2D eigenvalue weighted by atomic mass is 16.5. The number of carbonyl (C=O) groups is 3. The van der Waals surface area contributed by atoms with Gasteiger partial charge in [0.05, 0.1) is 12.8 Å². The molecule has 2 aromatic rings. The fraction of sp³-hybridized carbons (Fsp3) is 0.250. The van der Waals surface area contributed by atoms with E-state index in [4.69, 9.17) is 9.47 Å². The summed E-state index contributed by atoms with van der Waals surface area (Å²) in [6.07, 6.45) is 0. The second-order valence-corrected chi connectivity index (χ2v) is 6.46. The van der Waals surface area contributed by atoms with Crippen molar-refractivity contribution in [3.8, 4) is 11.5 Å². The number of ether oxygens (including phenoxy) is 2. The Kier molecular flexibility index (Phi) is 3.76. The molecule has 1 saturated heterocycles. The van der Waals surface area contributed by atoms with E-state index >= 15 is 0 Å². The Hall–Kier alpha value is -3.15. The van der Waals surface area contributed by atoms with E-state index in [1.807, 2.05) is 6.07 Å². The van der Waals surface area contributed by atoms with Crippen molar-refractivity contribution in [1.29, 1.82) is 0 Å². The van der Waals surface area contributed by atoms with Crippen molar-refractivity contribution >= 4 is 23.5 Å². The van der Waals surface area contributed by atoms with Crippen LogP contribution in [-0.4, -0.2) is 24.9 Å². The number of anilines is 1. The van der Waals surface area contributed by atoms with Gasteiger partial charge in [-0.25, -0.2) is 4.90 Å². The highest BCUT2D eigenvalue weighted by Crippen LogP contribution is 2.46. The number of rotatable bonds is 2. The quantitative estimate of drug-likeness (QED) is 0.360. The zero-order valence-electron chi connectivity index (χ0n) is 14.3. The molecule has 0 aromatic heterocycles. The number of piperidine rings is 1. The van der Waals surface area contributed by atoms with Gasteiger partial charge >= 0.3 is 5.97 Å². The van der Waals surface area contributed by atoms with Gasteiger partial charge in [-0.3, -0.25) is 14.4 Å². The predicted octanol–water partition coefficient (Wildman–Crippen LogP) is 2.52. The molecular weight excluding hydrogens is 334 g/mol. The lowest BCUT2D eigenvalue weighted by Gasteiger charge is -2.41. The summed E-state index contributed by atoms with van der Waals surface area (Å²) in [6, 6.07) is 13.6. The third kappa shape index (κ3) is 2.29. The normalized spacial score (nSPS) is 24.6. The van der Waals surface area contributed by atoms with E-state index in [1.54, 1.807) is 49.4 Å². The standard InChI is InChI=1S/C20H17NO5/c1-11-16-14-5-3-4-6-15(14)26-20(24)17(16)19(23)21(18(11)22)12-7-9-13(25-2)10-8-12/h3-11,16-17H,1-2H3/t11-,16+,17-/m0/s1. The number of carbonyl (C=O) groups excluding carboxylic acids is 3. The van der Waals surface area contributed by atoms with Crippen molar-refractivity contribution in [2.24, 2.45) is 11.8 Å². The molecule has 0 unspecified atom stereocenters. The molecule has 2 aliphatic heterocycles. The average Bonchev–Trinajstić information content (AvgIpc) is 2.66. The van der Waals surface area contributed by atoms with Crippen molar-refractivity contribution in [1.82, 2.24) is 0 Å². The van der Waals surface area contributed by atoms with E-state index in [-0.39, 0.29) is 5.91 Å². The molecular formula is C20H17NO5. The van der Waals surface area contributed by atoms with Crippen LogP contribution in [0.25, 0.3) is 0 Å². The van der Waals surface area contributed by atoms with Crippen molar-refractivity contribution in [2.45, 2.75) is 12.8 Å². The van der Waals surface area contributed by atoms with Crippen molar-refractivity contribution in [3.05, 3.63) is 54.1 Å². The first-order valence-corrected chi connectivity index (χ1v) is 8.35. The fourth-order valence-electron chi connectivity index (χ4n) is 3.75. The lowest BCUT2D eigenvalue weighted by molar-refractivity contribution is -0.151. The minimum atomic E-state index is -1.03. The van der Waals surface area contributed by atoms with Gasteiger partial charge in [0.25, 0.3) is 0 Å². The maximum atomic E-state index is 13.1. The molecule has 0 aliphatic carbocycles. The number of hydrogen-bond acceptors (Lipinski definition) is 5. The Bertz CT molecular complexity index is 905. The van der Waals surface area contributed by atoms with Gasteiger partial charge in [-0.2, -0.15) is 0 Å². The van der Waals surface area contributed by atoms with Gasteiger partial charge in [-0.1, -0.05) is 25.1 Å². The Morgan fingerprint density at radius 1 is 0.962 bits per heavy atom. The summed E-state index contributed by atoms with van der Waals surface area (Å²) in [7, 11) is 1.54. The molecule has 26 heavy (non-hydrogen) atoms. The van der Waals surface area contributed by atoms with Crippen LogP contribution in [0, 0.1) is 11.8 Å². The maximum Gasteiger partial charge on any atom is 0.324 e. The molecule has 0 bridgehead atoms. The summed E-state index contributed by atoms with van der Waals surface area (Å²) < 4.78 is 10.5. The lowest BCUT2D eigenvalue weighted by Crippen LogP contribution is -2.57. The molecule has 3 atom stereocenters. The SMILES string of the molecule is COc1ccc(N2C(=O)[C@H]3C(=O)Oc4ccccc4[C@H]3[C@H](C)C2=O)cc1. The van der Waals surface area contributed by atoms with E-state index < -0.39 is 29.6 Å². The summed E-state index contributed by atoms with van der Waals surface area (Å²) in [5.41, 5.74) is 1.14. The van der Waals surface area contributed by atoms with E-state index in [9.17, 15) is 14.4 Å². The monoisotopic (exact) mass is 351 g/mol. The van der Waals surface area contributed by atoms with Crippen LogP contribution >= 0.6 is 0 Å². The maximum absolute atomic E-state index is 13.1. The van der Waals surface area contributed by atoms with E-state index in [0.29, 0.717) is 17.2 Å². The predicted molar refractivity (Wildman–Crippen MR) is 93.0 cm³/mol. The number of methoxy groups -OCH3 is 1. The number of imide groups is 1. The summed E-state index contributed by atoms with van der Waals surface area (Å²) in [4.78, 5) is 39.7. The first-order valence-electron chi connectivity index (χ1n) is 8.35. The van der Waals surface area contributed by atoms with E-state index in [0.717, 1.165) is 10.5 Å². The Morgan fingerprint density at radius 3 is 2.35 bits per heavy atom. The number of fused-ring (bicyclic) bond motifs is 3. The molecule has 132 valence electrons. The molecule has 0 N–H and O–H groups in total. The van der Waals surface area contributed by atoms with Gasteiger partial charge in [-0.15, -0.1) is 0 Å². The molecule has 4 rings (SSSR count). The number of nitrogens with zero attached hydrogens (tertiary/aromatic N) is 1. The number of benzene rings is 2. The van der Waals surface area contributed by atoms with Crippen molar-refractivity contribution in [3.63, 3.8) is 0 Å². The van der Waals surface area contributed by atoms with E-state index in [2.05, 4.69) is 0 Å². The number of hydrogen-bond donors (Lipinski definition) is 0. The molecule has 6 heteroatoms. The first-order chi connectivity index (χ1) is 12.5. The largest absolute Gasteiger partial charge is 0.497 e. The Morgan fingerprint density at radius 2 is 1.65 bits per heavy atom. The van der Waals surface area contributed by atoms with Crippen LogP contribution in [0.1, 0.15) is 18.4 Å². The zero-order chi connectivity index (χ0) is 18.4. The second kappa shape index (κ2) is 5.98. The van der Waals surface area contributed by atoms with Gasteiger partial charge in [0.15, 0.2) is 0 Å². The number of para-hydroxylation sites is 1. The summed E-state index contributed by atoms with van der Waals surface area (Å²) >= 11 is 0. The van der Waals surface area contributed by atoms with Crippen molar-refractivity contribution in [2.75, 3.05) is 12.0 Å². The first kappa shape index (κ1) is 16.3. The molecule has 2 heterocycles. The van der Waals surface area contributed by atoms with Gasteiger partial charge in [0, 0.05) is 17.4 Å². The van der Waals surface area contributed by atoms with Crippen LogP contribution < -0.4 is 14.4 Å². The zero-order valence-corrected chi connectivity index (χ0v) is 14.3. The molecule has 1 fully saturated rings. The fourth-order valence-corrected chi connectivity index (χ4v) is 3.75. The van der Waals surface area contributed by atoms with Crippen LogP contribution in [0.4, 0.5) is 5.69 Å². The molecule has 2 aliphatic rings. The van der Waals surface area contributed by atoms with Gasteiger partial charge in [0.1, 0.15) is 17.4 Å². The summed E-state index contributed by atoms with van der Waals surface area (Å²) in [5.74, 6) is -2.53. The van der Waals surface area contributed by atoms with Crippen LogP contribution in [0.3, 0.4) is 0 Å². The Balaban J connectivity index is 1.78. The molecule has 2 aromatic carbocycles. The summed E-state index contributed by atoms with van der Waals surface area (Å²) in [5, 5.41) is 0. The average molecular weight is 351 g/mol. The third-order valence-corrected chi connectivity index (χ3v) is 5.07. The molecule has 6 nitrogen and oxygen atoms in total. The minimum absolute atomic E-state index is 0.328.